The van der Waals surface area contributed by atoms with E-state index in [1.165, 1.54) is 70.4 Å². The number of nitrogens with zero attached hydrogens (tertiary/aromatic N) is 13. The molecule has 0 spiro atoms. The first-order valence-corrected chi connectivity index (χ1v) is 43.2. The lowest BCUT2D eigenvalue weighted by atomic mass is 9.96. The van der Waals surface area contributed by atoms with Crippen LogP contribution in [-0.4, -0.2) is 102 Å². The molecule has 1 fully saturated rings. The van der Waals surface area contributed by atoms with E-state index in [1.807, 2.05) is 98.8 Å². The van der Waals surface area contributed by atoms with E-state index >= 15 is 0 Å². The average molecular weight is 1650 g/mol. The number of hydrogen-bond acceptors (Lipinski definition) is 24. The number of nitrogens with one attached hydrogen (secondary N) is 3. The Labute approximate surface area is 720 Å². The maximum atomic E-state index is 9.54. The van der Waals surface area contributed by atoms with Crippen LogP contribution in [0.25, 0.3) is 91.4 Å². The molecule has 5 aliphatic rings. The zero-order chi connectivity index (χ0) is 86.6. The number of piperidine rings is 1. The van der Waals surface area contributed by atoms with Gasteiger partial charge in [-0.3, -0.25) is 4.90 Å². The molecule has 0 amide bonds. The Morgan fingerprint density at radius 1 is 0.423 bits per heavy atom. The fourth-order valence-electron chi connectivity index (χ4n) is 16.9. The average Bonchev–Trinajstić information content (AvgIpc) is 1.65. The van der Waals surface area contributed by atoms with Gasteiger partial charge in [0.25, 0.3) is 23.6 Å². The Hall–Kier alpha value is -12.7. The molecule has 0 radical (unpaired) electrons. The van der Waals surface area contributed by atoms with Crippen molar-refractivity contribution in [2.75, 3.05) is 26.7 Å². The SMILES string of the molecule is CC1CCN(C2CCc3c(-c4noc(-c5ccc(OC(C)C)c(C#N)c5)n4)cccc32)CC1.CCC(C)(C)NC1CCc2c(-c3noc(-c4ccc(OC(C)C)c(C#N)c4)n3)cccc21.CCCN[C@H]1CCc2c(-c3noc(-c4ccc(OC(C)C)c(C#N)c4)n3)cccc21.CN[C@@H]1CCc2c(-c3noc(-c4ccc(OC(C)C)c(C#N)c4)n3)cccc21. The lowest BCUT2D eigenvalue weighted by Gasteiger charge is -2.35. The van der Waals surface area contributed by atoms with E-state index in [-0.39, 0.29) is 30.0 Å². The van der Waals surface area contributed by atoms with E-state index in [4.69, 9.17) is 42.0 Å². The third-order valence-electron chi connectivity index (χ3n) is 23.3. The summed E-state index contributed by atoms with van der Waals surface area (Å²) in [5.41, 5.74) is 19.3. The molecule has 0 saturated carbocycles. The molecule has 0 bridgehead atoms. The van der Waals surface area contributed by atoms with E-state index < -0.39 is 0 Å². The van der Waals surface area contributed by atoms with Gasteiger partial charge in [-0.05, 0) is 296 Å². The van der Waals surface area contributed by atoms with Crippen LogP contribution >= 0.6 is 0 Å². The van der Waals surface area contributed by atoms with Crippen molar-refractivity contribution in [3.8, 4) is 139 Å². The first kappa shape index (κ1) is 86.7. The molecule has 24 heteroatoms. The van der Waals surface area contributed by atoms with Crippen LogP contribution in [0.2, 0.25) is 0 Å². The van der Waals surface area contributed by atoms with Gasteiger partial charge in [0.05, 0.1) is 46.7 Å². The molecule has 8 aromatic carbocycles. The number of benzene rings is 8. The van der Waals surface area contributed by atoms with Crippen LogP contribution in [0.1, 0.15) is 232 Å². The third kappa shape index (κ3) is 19.9. The van der Waals surface area contributed by atoms with Crippen molar-refractivity contribution in [2.24, 2.45) is 5.92 Å². The minimum atomic E-state index is -0.00986. The van der Waals surface area contributed by atoms with Gasteiger partial charge < -0.3 is 53.0 Å². The fraction of sp³-hybridized carbons (Fsp3) is 0.394. The van der Waals surface area contributed by atoms with E-state index in [0.29, 0.717) is 139 Å². The fourth-order valence-corrected chi connectivity index (χ4v) is 16.9. The minimum absolute atomic E-state index is 0.00436. The highest BCUT2D eigenvalue weighted by Crippen LogP contribution is 2.45. The molecule has 4 aromatic heterocycles. The van der Waals surface area contributed by atoms with Gasteiger partial charge >= 0.3 is 0 Å². The quantitative estimate of drug-likeness (QED) is 0.0506. The first-order valence-electron chi connectivity index (χ1n) is 43.2. The monoisotopic (exact) mass is 1650 g/mol. The molecule has 632 valence electrons. The maximum absolute atomic E-state index is 9.54. The van der Waals surface area contributed by atoms with Gasteiger partial charge in [0.1, 0.15) is 47.3 Å². The van der Waals surface area contributed by atoms with Crippen molar-refractivity contribution >= 4 is 0 Å². The number of nitriles is 4. The summed E-state index contributed by atoms with van der Waals surface area (Å²) in [6.07, 6.45) is 13.1. The Bertz CT molecular complexity index is 5900. The van der Waals surface area contributed by atoms with Crippen LogP contribution in [0.15, 0.2) is 164 Å². The second kappa shape index (κ2) is 39.0. The molecule has 17 rings (SSSR count). The van der Waals surface area contributed by atoms with Crippen LogP contribution in [0.4, 0.5) is 0 Å². The summed E-state index contributed by atoms with van der Waals surface area (Å²) >= 11 is 0. The molecule has 4 atom stereocenters. The number of aromatic nitrogens is 8. The van der Waals surface area contributed by atoms with Crippen molar-refractivity contribution in [1.29, 1.82) is 21.0 Å². The molecule has 1 aliphatic heterocycles. The highest BCUT2D eigenvalue weighted by molar-refractivity contribution is 5.72. The minimum Gasteiger partial charge on any atom is -0.490 e. The van der Waals surface area contributed by atoms with Crippen LogP contribution in [0.5, 0.6) is 23.0 Å². The second-order valence-corrected chi connectivity index (χ2v) is 33.8. The summed E-state index contributed by atoms with van der Waals surface area (Å²) in [6, 6.07) is 57.1. The zero-order valence-electron chi connectivity index (χ0n) is 72.7. The standard InChI is InChI=1S/C27H30N4O2.C26H30N4O2.C24H26N4O2.C22H22N4O2/c1-17(2)32-25-10-7-19(15-20(25)16-28)27-29-26(30-33-27)23-6-4-5-22-21(23)8-9-24(22)31-13-11-18(3)12-14-31;1-6-26(4,5)29-22-12-11-19-20(22)8-7-9-21(19)24-28-25(32-30-24)17-10-13-23(31-16(2)3)18(14-17)15-27;1-4-12-26-21-10-9-18-19(21)6-5-7-20(18)23-27-24(30-28-23)16-8-11-22(29-15(2)3)17(13-16)14-25;1-13(2)27-20-10-7-14(11-15(20)12-23)22-25-21(26-28-22)18-6-4-5-17-16(18)8-9-19(17)24-3/h4-7,10,15,17-18,24H,8-9,11-14H2,1-3H3;7-10,13-14,16,22,29H,6,11-12H2,1-5H3;5-8,11,13,15,21,26H,4,9-10,12H2,1-3H3;4-7,10-11,13,19,24H,8-9H2,1-3H3/t;;21-;19-/m..01/s1. The van der Waals surface area contributed by atoms with Gasteiger partial charge in [-0.15, -0.1) is 0 Å². The molecular formula is C99H108N16O8. The van der Waals surface area contributed by atoms with E-state index in [0.717, 1.165) is 98.9 Å². The highest BCUT2D eigenvalue weighted by atomic mass is 16.5. The van der Waals surface area contributed by atoms with Crippen LogP contribution in [-0.2, 0) is 25.7 Å². The Morgan fingerprint density at radius 3 is 1.07 bits per heavy atom. The number of fused-ring (bicyclic) bond motifs is 4. The summed E-state index contributed by atoms with van der Waals surface area (Å²) in [5.74, 6) is 7.00. The molecular weight excluding hydrogens is 1540 g/mol. The molecule has 123 heavy (non-hydrogen) atoms. The van der Waals surface area contributed by atoms with E-state index in [1.54, 1.807) is 48.5 Å². The topological polar surface area (TPSA) is 327 Å². The van der Waals surface area contributed by atoms with Gasteiger partial charge in [-0.25, -0.2) is 0 Å². The smallest absolute Gasteiger partial charge is 0.258 e. The summed E-state index contributed by atoms with van der Waals surface area (Å²) in [5, 5.41) is 65.7. The van der Waals surface area contributed by atoms with E-state index in [9.17, 15) is 21.0 Å². The van der Waals surface area contributed by atoms with Gasteiger partial charge in [0, 0.05) is 74.2 Å². The third-order valence-corrected chi connectivity index (χ3v) is 23.3. The Kier molecular flexibility index (Phi) is 27.5. The molecule has 24 nitrogen and oxygen atoms in total. The van der Waals surface area contributed by atoms with Gasteiger partial charge in [0.15, 0.2) is 0 Å². The molecule has 5 heterocycles. The summed E-state index contributed by atoms with van der Waals surface area (Å²) in [4.78, 5) is 21.2. The maximum Gasteiger partial charge on any atom is 0.258 e. The van der Waals surface area contributed by atoms with E-state index in [2.05, 4.69) is 176 Å². The Morgan fingerprint density at radius 2 is 0.740 bits per heavy atom. The summed E-state index contributed by atoms with van der Waals surface area (Å²) < 4.78 is 45.1. The Balaban J connectivity index is 0.000000134. The molecule has 4 aliphatic carbocycles. The van der Waals surface area contributed by atoms with Gasteiger partial charge in [-0.2, -0.15) is 41.0 Å². The van der Waals surface area contributed by atoms with Crippen LogP contribution in [0.3, 0.4) is 0 Å². The number of hydrogen-bond donors (Lipinski definition) is 3. The van der Waals surface area contributed by atoms with Gasteiger partial charge in [-0.1, -0.05) is 114 Å². The zero-order valence-corrected chi connectivity index (χ0v) is 72.7. The van der Waals surface area contributed by atoms with Crippen molar-refractivity contribution in [3.05, 3.63) is 212 Å². The van der Waals surface area contributed by atoms with Crippen molar-refractivity contribution in [1.82, 2.24) is 61.4 Å². The molecule has 2 unspecified atom stereocenters. The molecule has 1 saturated heterocycles. The second-order valence-electron chi connectivity index (χ2n) is 33.8. The lowest BCUT2D eigenvalue weighted by Crippen LogP contribution is -2.40. The largest absolute Gasteiger partial charge is 0.490 e. The van der Waals surface area contributed by atoms with Crippen LogP contribution in [0, 0.1) is 51.2 Å². The van der Waals surface area contributed by atoms with Crippen molar-refractivity contribution in [2.45, 2.75) is 221 Å². The predicted molar refractivity (Wildman–Crippen MR) is 472 cm³/mol. The molecule has 3 N–H and O–H groups in total. The highest BCUT2D eigenvalue weighted by Gasteiger charge is 2.35. The predicted octanol–water partition coefficient (Wildman–Crippen LogP) is 20.9. The normalized spacial score (nSPS) is 16.4. The first-order chi connectivity index (χ1) is 59.5. The summed E-state index contributed by atoms with van der Waals surface area (Å²) in [6.45, 7) is 30.1. The van der Waals surface area contributed by atoms with Crippen molar-refractivity contribution in [3.63, 3.8) is 0 Å². The molecule has 12 aromatic rings. The van der Waals surface area contributed by atoms with Crippen LogP contribution < -0.4 is 34.9 Å². The number of likely N-dealkylation sites (tertiary alicyclic amines) is 1. The summed E-state index contributed by atoms with van der Waals surface area (Å²) in [7, 11) is 1.98. The lowest BCUT2D eigenvalue weighted by molar-refractivity contribution is 0.137. The van der Waals surface area contributed by atoms with Gasteiger partial charge in [0.2, 0.25) is 23.3 Å². The number of rotatable bonds is 24. The number of ether oxygens (including phenoxy) is 4. The van der Waals surface area contributed by atoms with Crippen molar-refractivity contribution < 1.29 is 37.0 Å².